The second-order valence-electron chi connectivity index (χ2n) is 6.37. The number of amides is 1. The van der Waals surface area contributed by atoms with Crippen molar-refractivity contribution in [3.05, 3.63) is 35.4 Å². The summed E-state index contributed by atoms with van der Waals surface area (Å²) in [4.78, 5) is 16.9. The van der Waals surface area contributed by atoms with Gasteiger partial charge in [0, 0.05) is 31.7 Å². The Bertz CT molecular complexity index is 445. The van der Waals surface area contributed by atoms with Gasteiger partial charge in [-0.2, -0.15) is 0 Å². The van der Waals surface area contributed by atoms with Gasteiger partial charge in [-0.25, -0.2) is 0 Å². The van der Waals surface area contributed by atoms with Crippen LogP contribution in [0.4, 0.5) is 0 Å². The number of hydrogen-bond donors (Lipinski definition) is 0. The van der Waals surface area contributed by atoms with Crippen LogP contribution in [0.2, 0.25) is 0 Å². The molecule has 1 saturated heterocycles. The fourth-order valence-electron chi connectivity index (χ4n) is 2.68. The molecule has 21 heavy (non-hydrogen) atoms. The van der Waals surface area contributed by atoms with Crippen LogP contribution in [0.25, 0.3) is 0 Å². The van der Waals surface area contributed by atoms with Crippen molar-refractivity contribution in [1.82, 2.24) is 9.80 Å². The summed E-state index contributed by atoms with van der Waals surface area (Å²) in [5, 5.41) is 0. The van der Waals surface area contributed by atoms with Gasteiger partial charge in [0.25, 0.3) is 5.91 Å². The Morgan fingerprint density at radius 1 is 1.10 bits per heavy atom. The van der Waals surface area contributed by atoms with E-state index in [0.29, 0.717) is 0 Å². The topological polar surface area (TPSA) is 23.6 Å². The first-order valence-electron chi connectivity index (χ1n) is 8.20. The molecule has 116 valence electrons. The minimum absolute atomic E-state index is 0.182. The molecule has 0 aliphatic carbocycles. The third-order valence-corrected chi connectivity index (χ3v) is 4.29. The fraction of sp³-hybridized carbons (Fsp3) is 0.611. The van der Waals surface area contributed by atoms with Crippen molar-refractivity contribution in [2.75, 3.05) is 32.7 Å². The summed E-state index contributed by atoms with van der Waals surface area (Å²) in [7, 11) is 0. The van der Waals surface area contributed by atoms with E-state index < -0.39 is 0 Å². The monoisotopic (exact) mass is 288 g/mol. The number of hydrogen-bond acceptors (Lipinski definition) is 2. The minimum atomic E-state index is 0.182. The van der Waals surface area contributed by atoms with Gasteiger partial charge in [-0.15, -0.1) is 0 Å². The second kappa shape index (κ2) is 7.60. The molecule has 0 unspecified atom stereocenters. The molecule has 3 heteroatoms. The van der Waals surface area contributed by atoms with Gasteiger partial charge in [0.05, 0.1) is 0 Å². The predicted molar refractivity (Wildman–Crippen MR) is 87.6 cm³/mol. The van der Waals surface area contributed by atoms with Crippen LogP contribution < -0.4 is 0 Å². The normalized spacial score (nSPS) is 16.5. The van der Waals surface area contributed by atoms with Gasteiger partial charge in [0.1, 0.15) is 0 Å². The maximum atomic E-state index is 12.5. The van der Waals surface area contributed by atoms with Gasteiger partial charge in [-0.1, -0.05) is 32.9 Å². The summed E-state index contributed by atoms with van der Waals surface area (Å²) in [5.74, 6) is 0.933. The lowest BCUT2D eigenvalue weighted by molar-refractivity contribution is 0.0632. The van der Waals surface area contributed by atoms with Gasteiger partial charge in [0.2, 0.25) is 0 Å². The van der Waals surface area contributed by atoms with Crippen LogP contribution in [0.5, 0.6) is 0 Å². The Morgan fingerprint density at radius 2 is 1.71 bits per heavy atom. The molecule has 0 N–H and O–H groups in total. The van der Waals surface area contributed by atoms with E-state index in [1.54, 1.807) is 0 Å². The largest absolute Gasteiger partial charge is 0.336 e. The zero-order chi connectivity index (χ0) is 15.2. The number of nitrogens with zero attached hydrogens (tertiary/aromatic N) is 2. The third-order valence-electron chi connectivity index (χ3n) is 4.29. The SMILES string of the molecule is CCc1ccc(C(=O)N2CCN(CCC(C)C)CC2)cc1. The average Bonchev–Trinajstić information content (AvgIpc) is 2.53. The number of aryl methyl sites for hydroxylation is 1. The molecule has 1 aliphatic rings. The summed E-state index contributed by atoms with van der Waals surface area (Å²) in [6.45, 7) is 11.5. The standard InChI is InChI=1S/C18H28N2O/c1-4-16-5-7-17(8-6-16)18(21)20-13-11-19(12-14-20)10-9-15(2)3/h5-8,15H,4,9-14H2,1-3H3. The molecule has 1 aliphatic heterocycles. The highest BCUT2D eigenvalue weighted by Gasteiger charge is 2.21. The van der Waals surface area contributed by atoms with E-state index in [-0.39, 0.29) is 5.91 Å². The van der Waals surface area contributed by atoms with Gasteiger partial charge in [-0.3, -0.25) is 9.69 Å². The van der Waals surface area contributed by atoms with Crippen LogP contribution in [0.3, 0.4) is 0 Å². The molecule has 1 aromatic rings. The van der Waals surface area contributed by atoms with Crippen molar-refractivity contribution in [2.24, 2.45) is 5.92 Å². The highest BCUT2D eigenvalue weighted by atomic mass is 16.2. The highest BCUT2D eigenvalue weighted by molar-refractivity contribution is 5.94. The molecule has 0 radical (unpaired) electrons. The Hall–Kier alpha value is -1.35. The lowest BCUT2D eigenvalue weighted by atomic mass is 10.1. The van der Waals surface area contributed by atoms with Crippen molar-refractivity contribution in [3.8, 4) is 0 Å². The molecule has 1 amide bonds. The van der Waals surface area contributed by atoms with Crippen LogP contribution in [-0.4, -0.2) is 48.4 Å². The minimum Gasteiger partial charge on any atom is -0.336 e. The number of carbonyl (C=O) groups is 1. The van der Waals surface area contributed by atoms with E-state index in [4.69, 9.17) is 0 Å². The number of carbonyl (C=O) groups excluding carboxylic acids is 1. The van der Waals surface area contributed by atoms with Crippen molar-refractivity contribution >= 4 is 5.91 Å². The van der Waals surface area contributed by atoms with Crippen LogP contribution >= 0.6 is 0 Å². The Kier molecular flexibility index (Phi) is 5.80. The van der Waals surface area contributed by atoms with Gasteiger partial charge in [-0.05, 0) is 43.0 Å². The third kappa shape index (κ3) is 4.57. The Balaban J connectivity index is 1.84. The van der Waals surface area contributed by atoms with Crippen LogP contribution in [0, 0.1) is 5.92 Å². The predicted octanol–water partition coefficient (Wildman–Crippen LogP) is 3.05. The van der Waals surface area contributed by atoms with Gasteiger partial charge < -0.3 is 4.90 Å². The molecule has 1 fully saturated rings. The lowest BCUT2D eigenvalue weighted by Crippen LogP contribution is -2.49. The van der Waals surface area contributed by atoms with Gasteiger partial charge in [0.15, 0.2) is 0 Å². The molecular weight excluding hydrogens is 260 g/mol. The molecule has 0 atom stereocenters. The smallest absolute Gasteiger partial charge is 0.253 e. The Labute approximate surface area is 128 Å². The number of piperazine rings is 1. The molecule has 0 aromatic heterocycles. The summed E-state index contributed by atoms with van der Waals surface area (Å²) in [6, 6.07) is 8.05. The summed E-state index contributed by atoms with van der Waals surface area (Å²) in [5.41, 5.74) is 2.10. The van der Waals surface area contributed by atoms with Crippen molar-refractivity contribution in [1.29, 1.82) is 0 Å². The first-order valence-corrected chi connectivity index (χ1v) is 8.20. The van der Waals surface area contributed by atoms with E-state index in [2.05, 4.69) is 37.8 Å². The zero-order valence-electron chi connectivity index (χ0n) is 13.6. The molecule has 1 heterocycles. The molecule has 3 nitrogen and oxygen atoms in total. The van der Waals surface area contributed by atoms with Crippen LogP contribution in [0.15, 0.2) is 24.3 Å². The molecule has 0 bridgehead atoms. The molecule has 2 rings (SSSR count). The van der Waals surface area contributed by atoms with Crippen molar-refractivity contribution in [2.45, 2.75) is 33.6 Å². The fourth-order valence-corrected chi connectivity index (χ4v) is 2.68. The van der Waals surface area contributed by atoms with E-state index in [1.165, 1.54) is 12.0 Å². The molecule has 0 saturated carbocycles. The van der Waals surface area contributed by atoms with Crippen molar-refractivity contribution in [3.63, 3.8) is 0 Å². The van der Waals surface area contributed by atoms with Crippen molar-refractivity contribution < 1.29 is 4.79 Å². The van der Waals surface area contributed by atoms with E-state index in [0.717, 1.165) is 50.6 Å². The van der Waals surface area contributed by atoms with Gasteiger partial charge >= 0.3 is 0 Å². The maximum absolute atomic E-state index is 12.5. The van der Waals surface area contributed by atoms with Crippen LogP contribution in [-0.2, 0) is 6.42 Å². The van der Waals surface area contributed by atoms with Crippen LogP contribution in [0.1, 0.15) is 43.1 Å². The number of rotatable bonds is 5. The average molecular weight is 288 g/mol. The molecule has 0 spiro atoms. The van der Waals surface area contributed by atoms with E-state index in [9.17, 15) is 4.79 Å². The van der Waals surface area contributed by atoms with E-state index in [1.807, 2.05) is 17.0 Å². The summed E-state index contributed by atoms with van der Waals surface area (Å²) >= 11 is 0. The Morgan fingerprint density at radius 3 is 2.24 bits per heavy atom. The summed E-state index contributed by atoms with van der Waals surface area (Å²) in [6.07, 6.45) is 2.26. The zero-order valence-corrected chi connectivity index (χ0v) is 13.6. The number of benzene rings is 1. The maximum Gasteiger partial charge on any atom is 0.253 e. The quantitative estimate of drug-likeness (QED) is 0.831. The summed E-state index contributed by atoms with van der Waals surface area (Å²) < 4.78 is 0. The first kappa shape index (κ1) is 16.0. The second-order valence-corrected chi connectivity index (χ2v) is 6.37. The molecular formula is C18H28N2O. The lowest BCUT2D eigenvalue weighted by Gasteiger charge is -2.35. The molecule has 1 aromatic carbocycles. The van der Waals surface area contributed by atoms with E-state index >= 15 is 0 Å². The first-order chi connectivity index (χ1) is 10.1. The highest BCUT2D eigenvalue weighted by Crippen LogP contribution is 2.12.